The van der Waals surface area contributed by atoms with Gasteiger partial charge in [-0.3, -0.25) is 0 Å². The number of ether oxygens (including phenoxy) is 1. The molecule has 1 aromatic rings. The van der Waals surface area contributed by atoms with Gasteiger partial charge in [0.15, 0.2) is 0 Å². The summed E-state index contributed by atoms with van der Waals surface area (Å²) in [6, 6.07) is 3.96. The Hall–Kier alpha value is -1.51. The van der Waals surface area contributed by atoms with E-state index in [1.807, 2.05) is 32.9 Å². The van der Waals surface area contributed by atoms with Crippen molar-refractivity contribution in [3.05, 3.63) is 28.8 Å². The van der Waals surface area contributed by atoms with Crippen LogP contribution in [0.15, 0.2) is 12.1 Å². The molecule has 0 saturated heterocycles. The van der Waals surface area contributed by atoms with E-state index in [0.29, 0.717) is 5.75 Å². The first-order chi connectivity index (χ1) is 6.56. The van der Waals surface area contributed by atoms with Crippen LogP contribution in [0, 0.1) is 20.8 Å². The van der Waals surface area contributed by atoms with Gasteiger partial charge in [-0.25, -0.2) is 4.79 Å². The van der Waals surface area contributed by atoms with Crippen LogP contribution in [0.25, 0.3) is 0 Å². The highest BCUT2D eigenvalue weighted by atomic mass is 16.6. The molecule has 3 heteroatoms. The summed E-state index contributed by atoms with van der Waals surface area (Å²) in [6.07, 6.45) is -0.429. The van der Waals surface area contributed by atoms with Gasteiger partial charge in [0.2, 0.25) is 0 Å². The minimum atomic E-state index is -0.429. The number of aryl methyl sites for hydroxylation is 2. The lowest BCUT2D eigenvalue weighted by atomic mass is 10.1. The Labute approximate surface area is 84.1 Å². The van der Waals surface area contributed by atoms with E-state index in [2.05, 4.69) is 5.32 Å². The largest absolute Gasteiger partial charge is 0.412 e. The van der Waals surface area contributed by atoms with Crippen molar-refractivity contribution in [2.75, 3.05) is 7.05 Å². The quantitative estimate of drug-likeness (QED) is 0.743. The summed E-state index contributed by atoms with van der Waals surface area (Å²) in [5.74, 6) is 0.657. The Morgan fingerprint density at radius 3 is 2.36 bits per heavy atom. The zero-order valence-corrected chi connectivity index (χ0v) is 8.97. The van der Waals surface area contributed by atoms with Gasteiger partial charge in [0.05, 0.1) is 0 Å². The molecular weight excluding hydrogens is 178 g/mol. The van der Waals surface area contributed by atoms with Crippen molar-refractivity contribution < 1.29 is 9.53 Å². The zero-order chi connectivity index (χ0) is 10.7. The Morgan fingerprint density at radius 1 is 1.21 bits per heavy atom. The molecule has 0 aliphatic heterocycles. The molecule has 0 saturated carbocycles. The Morgan fingerprint density at radius 2 is 1.79 bits per heavy atom. The smallest absolute Gasteiger partial charge is 0.410 e. The zero-order valence-electron chi connectivity index (χ0n) is 8.97. The SMILES string of the molecule is CNC(=O)Oc1c(C)ccc(C)c1C. The van der Waals surface area contributed by atoms with E-state index in [1.165, 1.54) is 0 Å². The molecule has 0 bridgehead atoms. The molecule has 14 heavy (non-hydrogen) atoms. The fraction of sp³-hybridized carbons (Fsp3) is 0.364. The third-order valence-electron chi connectivity index (χ3n) is 2.27. The maximum atomic E-state index is 11.1. The summed E-state index contributed by atoms with van der Waals surface area (Å²) in [5.41, 5.74) is 3.10. The topological polar surface area (TPSA) is 38.3 Å². The van der Waals surface area contributed by atoms with Gasteiger partial charge in [-0.05, 0) is 37.5 Å². The maximum absolute atomic E-state index is 11.1. The normalized spacial score (nSPS) is 9.71. The van der Waals surface area contributed by atoms with Gasteiger partial charge in [0.1, 0.15) is 5.75 Å². The van der Waals surface area contributed by atoms with Crippen molar-refractivity contribution in [2.45, 2.75) is 20.8 Å². The molecule has 0 unspecified atom stereocenters. The summed E-state index contributed by atoms with van der Waals surface area (Å²) >= 11 is 0. The summed E-state index contributed by atoms with van der Waals surface area (Å²) in [7, 11) is 1.54. The first-order valence-corrected chi connectivity index (χ1v) is 4.52. The molecule has 0 radical (unpaired) electrons. The lowest BCUT2D eigenvalue weighted by Gasteiger charge is -2.11. The first-order valence-electron chi connectivity index (χ1n) is 4.52. The number of amides is 1. The van der Waals surface area contributed by atoms with Gasteiger partial charge >= 0.3 is 6.09 Å². The molecule has 0 aromatic heterocycles. The van der Waals surface area contributed by atoms with Crippen LogP contribution in [0.5, 0.6) is 5.75 Å². The van der Waals surface area contributed by atoms with Crippen molar-refractivity contribution in [3.8, 4) is 5.75 Å². The molecule has 76 valence electrons. The number of hydrogen-bond donors (Lipinski definition) is 1. The summed E-state index contributed by atoms with van der Waals surface area (Å²) in [6.45, 7) is 5.86. The van der Waals surface area contributed by atoms with Gasteiger partial charge in [-0.2, -0.15) is 0 Å². The van der Waals surface area contributed by atoms with Crippen LogP contribution in [0.2, 0.25) is 0 Å². The Kier molecular flexibility index (Phi) is 3.12. The molecule has 3 nitrogen and oxygen atoms in total. The van der Waals surface area contributed by atoms with Crippen LogP contribution in [0.3, 0.4) is 0 Å². The van der Waals surface area contributed by atoms with Crippen molar-refractivity contribution in [1.82, 2.24) is 5.32 Å². The molecular formula is C11H15NO2. The number of rotatable bonds is 1. The van der Waals surface area contributed by atoms with Crippen LogP contribution in [-0.4, -0.2) is 13.1 Å². The van der Waals surface area contributed by atoms with Gasteiger partial charge in [-0.1, -0.05) is 12.1 Å². The third kappa shape index (κ3) is 2.05. The number of carbonyl (C=O) groups is 1. The lowest BCUT2D eigenvalue weighted by Crippen LogP contribution is -2.22. The molecule has 0 aliphatic carbocycles. The monoisotopic (exact) mass is 193 g/mol. The van der Waals surface area contributed by atoms with E-state index in [-0.39, 0.29) is 0 Å². The number of benzene rings is 1. The third-order valence-corrected chi connectivity index (χ3v) is 2.27. The van der Waals surface area contributed by atoms with Crippen LogP contribution in [-0.2, 0) is 0 Å². The second-order valence-electron chi connectivity index (χ2n) is 3.29. The number of hydrogen-bond acceptors (Lipinski definition) is 2. The number of nitrogens with one attached hydrogen (secondary N) is 1. The fourth-order valence-corrected chi connectivity index (χ4v) is 1.23. The van der Waals surface area contributed by atoms with E-state index in [4.69, 9.17) is 4.74 Å². The van der Waals surface area contributed by atoms with E-state index >= 15 is 0 Å². The molecule has 0 fully saturated rings. The first kappa shape index (κ1) is 10.6. The lowest BCUT2D eigenvalue weighted by molar-refractivity contribution is 0.202. The second-order valence-corrected chi connectivity index (χ2v) is 3.29. The van der Waals surface area contributed by atoms with Crippen molar-refractivity contribution in [2.24, 2.45) is 0 Å². The molecule has 1 rings (SSSR count). The van der Waals surface area contributed by atoms with Crippen LogP contribution >= 0.6 is 0 Å². The summed E-state index contributed by atoms with van der Waals surface area (Å²) < 4.78 is 5.16. The molecule has 0 atom stereocenters. The average Bonchev–Trinajstić information content (AvgIpc) is 2.18. The average molecular weight is 193 g/mol. The van der Waals surface area contributed by atoms with E-state index in [9.17, 15) is 4.79 Å². The molecule has 1 amide bonds. The molecule has 1 aromatic carbocycles. The van der Waals surface area contributed by atoms with Crippen molar-refractivity contribution in [3.63, 3.8) is 0 Å². The van der Waals surface area contributed by atoms with E-state index in [1.54, 1.807) is 7.05 Å². The van der Waals surface area contributed by atoms with Crippen LogP contribution < -0.4 is 10.1 Å². The van der Waals surface area contributed by atoms with Gasteiger partial charge in [0, 0.05) is 7.05 Å². The molecule has 0 heterocycles. The summed E-state index contributed by atoms with van der Waals surface area (Å²) in [5, 5.41) is 2.43. The maximum Gasteiger partial charge on any atom is 0.412 e. The van der Waals surface area contributed by atoms with E-state index < -0.39 is 6.09 Å². The molecule has 1 N–H and O–H groups in total. The number of carbonyl (C=O) groups excluding carboxylic acids is 1. The highest BCUT2D eigenvalue weighted by Crippen LogP contribution is 2.25. The molecule has 0 aliphatic rings. The fourth-order valence-electron chi connectivity index (χ4n) is 1.23. The minimum Gasteiger partial charge on any atom is -0.410 e. The van der Waals surface area contributed by atoms with Gasteiger partial charge in [0.25, 0.3) is 0 Å². The van der Waals surface area contributed by atoms with Crippen molar-refractivity contribution in [1.29, 1.82) is 0 Å². The van der Waals surface area contributed by atoms with Gasteiger partial charge < -0.3 is 10.1 Å². The summed E-state index contributed by atoms with van der Waals surface area (Å²) in [4.78, 5) is 11.1. The Bertz CT molecular complexity index is 359. The van der Waals surface area contributed by atoms with Crippen LogP contribution in [0.1, 0.15) is 16.7 Å². The predicted octanol–water partition coefficient (Wildman–Crippen LogP) is 2.33. The highest BCUT2D eigenvalue weighted by Gasteiger charge is 2.09. The standard InChI is InChI=1S/C11H15NO2/c1-7-5-6-8(2)10(9(7)3)14-11(13)12-4/h5-6H,1-4H3,(H,12,13). The minimum absolute atomic E-state index is 0.429. The second kappa shape index (κ2) is 4.13. The van der Waals surface area contributed by atoms with Crippen molar-refractivity contribution >= 4 is 6.09 Å². The molecule has 0 spiro atoms. The van der Waals surface area contributed by atoms with Crippen LogP contribution in [0.4, 0.5) is 4.79 Å². The predicted molar refractivity (Wildman–Crippen MR) is 55.7 cm³/mol. The Balaban J connectivity index is 3.06. The van der Waals surface area contributed by atoms with Gasteiger partial charge in [-0.15, -0.1) is 0 Å². The highest BCUT2D eigenvalue weighted by molar-refractivity contribution is 5.71. The van der Waals surface area contributed by atoms with E-state index in [0.717, 1.165) is 16.7 Å².